The van der Waals surface area contributed by atoms with Crippen LogP contribution in [0.15, 0.2) is 67.4 Å². The molecule has 0 aliphatic heterocycles. The maximum Gasteiger partial charge on any atom is 0.150 e. The lowest BCUT2D eigenvalue weighted by molar-refractivity contribution is 0.625. The molecule has 0 fully saturated rings. The second-order valence-corrected chi connectivity index (χ2v) is 7.06. The monoisotopic (exact) mass is 403 g/mol. The van der Waals surface area contributed by atoms with Gasteiger partial charge in [0.25, 0.3) is 0 Å². The van der Waals surface area contributed by atoms with E-state index in [1.807, 2.05) is 38.6 Å². The van der Waals surface area contributed by atoms with Crippen molar-refractivity contribution in [3.63, 3.8) is 0 Å². The third kappa shape index (κ3) is 4.27. The number of halogens is 1. The first-order valence-corrected chi connectivity index (χ1v) is 9.52. The highest BCUT2D eigenvalue weighted by molar-refractivity contribution is 5.71. The van der Waals surface area contributed by atoms with E-state index in [4.69, 9.17) is 4.98 Å². The van der Waals surface area contributed by atoms with Crippen molar-refractivity contribution in [1.29, 1.82) is 0 Å². The molecule has 3 heterocycles. The van der Waals surface area contributed by atoms with Gasteiger partial charge in [0.05, 0.1) is 18.4 Å². The second-order valence-electron chi connectivity index (χ2n) is 7.06. The molecule has 152 valence electrons. The van der Waals surface area contributed by atoms with Gasteiger partial charge in [-0.2, -0.15) is 5.10 Å². The molecule has 30 heavy (non-hydrogen) atoms. The molecule has 1 aromatic carbocycles. The summed E-state index contributed by atoms with van der Waals surface area (Å²) in [6.07, 6.45) is 8.65. The Morgan fingerprint density at radius 3 is 2.50 bits per heavy atom. The number of rotatable bonds is 6. The average molecular weight is 403 g/mol. The molecule has 0 saturated carbocycles. The summed E-state index contributed by atoms with van der Waals surface area (Å²) in [7, 11) is 3.85. The van der Waals surface area contributed by atoms with Crippen molar-refractivity contribution < 1.29 is 4.39 Å². The lowest BCUT2D eigenvalue weighted by atomic mass is 10.1. The molecule has 0 radical (unpaired) electrons. The van der Waals surface area contributed by atoms with Gasteiger partial charge in [-0.1, -0.05) is 12.1 Å². The first kappa shape index (κ1) is 19.5. The van der Waals surface area contributed by atoms with E-state index in [-0.39, 0.29) is 11.9 Å². The normalized spacial score (nSPS) is 11.9. The van der Waals surface area contributed by atoms with E-state index in [0.717, 1.165) is 22.5 Å². The third-order valence-corrected chi connectivity index (χ3v) is 4.96. The Bertz CT molecular complexity index is 1130. The molecule has 3 aromatic heterocycles. The van der Waals surface area contributed by atoms with Crippen LogP contribution in [0.4, 0.5) is 21.8 Å². The maximum atomic E-state index is 13.3. The van der Waals surface area contributed by atoms with E-state index in [1.165, 1.54) is 12.1 Å². The fourth-order valence-electron chi connectivity index (χ4n) is 3.16. The van der Waals surface area contributed by atoms with Crippen molar-refractivity contribution >= 4 is 17.5 Å². The van der Waals surface area contributed by atoms with E-state index >= 15 is 0 Å². The maximum absolute atomic E-state index is 13.3. The zero-order chi connectivity index (χ0) is 21.1. The quantitative estimate of drug-likeness (QED) is 0.516. The zero-order valence-corrected chi connectivity index (χ0v) is 17.0. The Balaban J connectivity index is 1.71. The third-order valence-electron chi connectivity index (χ3n) is 4.96. The Kier molecular flexibility index (Phi) is 5.38. The molecule has 0 bridgehead atoms. The fraction of sp³-hybridized carbons (Fsp3) is 0.182. The van der Waals surface area contributed by atoms with Crippen LogP contribution < -0.4 is 10.2 Å². The summed E-state index contributed by atoms with van der Waals surface area (Å²) < 4.78 is 15.1. The van der Waals surface area contributed by atoms with Gasteiger partial charge in [0.15, 0.2) is 0 Å². The molecule has 1 N–H and O–H groups in total. The van der Waals surface area contributed by atoms with Crippen molar-refractivity contribution in [3.8, 4) is 11.1 Å². The zero-order valence-electron chi connectivity index (χ0n) is 17.0. The molecular weight excluding hydrogens is 381 g/mol. The fourth-order valence-corrected chi connectivity index (χ4v) is 3.16. The van der Waals surface area contributed by atoms with Crippen LogP contribution in [-0.2, 0) is 7.05 Å². The highest BCUT2D eigenvalue weighted by atomic mass is 19.1. The Morgan fingerprint density at radius 1 is 1.03 bits per heavy atom. The van der Waals surface area contributed by atoms with Gasteiger partial charge in [0, 0.05) is 38.2 Å². The Labute approximate surface area is 174 Å². The Morgan fingerprint density at radius 2 is 1.83 bits per heavy atom. The van der Waals surface area contributed by atoms with Gasteiger partial charge in [-0.15, -0.1) is 0 Å². The SMILES string of the molecule is CC(c1ccc(F)cc1)N(C)c1cc(-c2cnn(C)c2)cc(Nc2cnccn2)n1. The average Bonchev–Trinajstić information content (AvgIpc) is 3.20. The summed E-state index contributed by atoms with van der Waals surface area (Å²) in [5, 5.41) is 7.49. The molecule has 0 amide bonds. The lowest BCUT2D eigenvalue weighted by Crippen LogP contribution is -2.23. The number of nitrogens with zero attached hydrogens (tertiary/aromatic N) is 6. The second kappa shape index (κ2) is 8.28. The molecular formula is C22H22FN7. The molecule has 7 nitrogen and oxygen atoms in total. The van der Waals surface area contributed by atoms with Crippen LogP contribution in [0.3, 0.4) is 0 Å². The van der Waals surface area contributed by atoms with Gasteiger partial charge in [0.2, 0.25) is 0 Å². The highest BCUT2D eigenvalue weighted by Crippen LogP contribution is 2.30. The van der Waals surface area contributed by atoms with E-state index in [0.29, 0.717) is 11.6 Å². The number of nitrogens with one attached hydrogen (secondary N) is 1. The van der Waals surface area contributed by atoms with E-state index in [9.17, 15) is 4.39 Å². The highest BCUT2D eigenvalue weighted by Gasteiger charge is 2.16. The number of aryl methyl sites for hydroxylation is 1. The van der Waals surface area contributed by atoms with Crippen molar-refractivity contribution in [2.75, 3.05) is 17.3 Å². The van der Waals surface area contributed by atoms with Gasteiger partial charge in [-0.05, 0) is 42.3 Å². The predicted molar refractivity (Wildman–Crippen MR) is 115 cm³/mol. The smallest absolute Gasteiger partial charge is 0.150 e. The first-order chi connectivity index (χ1) is 14.5. The summed E-state index contributed by atoms with van der Waals surface area (Å²) in [5.74, 6) is 1.76. The summed E-state index contributed by atoms with van der Waals surface area (Å²) in [5.41, 5.74) is 2.94. The molecule has 8 heteroatoms. The minimum Gasteiger partial charge on any atom is -0.353 e. The van der Waals surface area contributed by atoms with Gasteiger partial charge in [0.1, 0.15) is 23.3 Å². The first-order valence-electron chi connectivity index (χ1n) is 9.52. The van der Waals surface area contributed by atoms with Gasteiger partial charge >= 0.3 is 0 Å². The van der Waals surface area contributed by atoms with Gasteiger partial charge < -0.3 is 10.2 Å². The molecule has 1 atom stereocenters. The summed E-state index contributed by atoms with van der Waals surface area (Å²) in [6.45, 7) is 2.06. The summed E-state index contributed by atoms with van der Waals surface area (Å²) in [6, 6.07) is 10.5. The number of aromatic nitrogens is 5. The van der Waals surface area contributed by atoms with Crippen LogP contribution >= 0.6 is 0 Å². The molecule has 0 aliphatic rings. The molecule has 0 spiro atoms. The van der Waals surface area contributed by atoms with Crippen LogP contribution in [0.25, 0.3) is 11.1 Å². The standard InChI is InChI=1S/C22H22FN7/c1-15(16-4-6-19(23)7-5-16)30(3)22-11-17(18-12-26-29(2)14-18)10-20(28-22)27-21-13-24-8-9-25-21/h4-15H,1-3H3,(H,25,27,28). The van der Waals surface area contributed by atoms with Gasteiger partial charge in [-0.25, -0.2) is 14.4 Å². The number of hydrogen-bond acceptors (Lipinski definition) is 6. The molecule has 4 aromatic rings. The molecule has 4 rings (SSSR count). The van der Waals surface area contributed by atoms with E-state index in [1.54, 1.807) is 35.4 Å². The van der Waals surface area contributed by atoms with Crippen molar-refractivity contribution in [3.05, 3.63) is 78.8 Å². The van der Waals surface area contributed by atoms with Crippen molar-refractivity contribution in [2.45, 2.75) is 13.0 Å². The van der Waals surface area contributed by atoms with Crippen molar-refractivity contribution in [1.82, 2.24) is 24.7 Å². The van der Waals surface area contributed by atoms with Crippen LogP contribution in [0, 0.1) is 5.82 Å². The van der Waals surface area contributed by atoms with Gasteiger partial charge in [-0.3, -0.25) is 9.67 Å². The van der Waals surface area contributed by atoms with Crippen LogP contribution in [0.1, 0.15) is 18.5 Å². The number of benzene rings is 1. The van der Waals surface area contributed by atoms with Crippen molar-refractivity contribution in [2.24, 2.45) is 7.05 Å². The Hall–Kier alpha value is -3.81. The largest absolute Gasteiger partial charge is 0.353 e. The molecule has 1 unspecified atom stereocenters. The topological polar surface area (TPSA) is 71.8 Å². The van der Waals surface area contributed by atoms with E-state index < -0.39 is 0 Å². The minimum absolute atomic E-state index is 0.00776. The van der Waals surface area contributed by atoms with E-state index in [2.05, 4.69) is 32.2 Å². The van der Waals surface area contributed by atoms with Crippen LogP contribution in [-0.4, -0.2) is 31.8 Å². The summed E-state index contributed by atoms with van der Waals surface area (Å²) in [4.78, 5) is 15.2. The number of hydrogen-bond donors (Lipinski definition) is 1. The van der Waals surface area contributed by atoms with Crippen LogP contribution in [0.2, 0.25) is 0 Å². The molecule has 0 saturated heterocycles. The molecule has 0 aliphatic carbocycles. The minimum atomic E-state index is -0.249. The number of pyridine rings is 1. The lowest BCUT2D eigenvalue weighted by Gasteiger charge is -2.27. The summed E-state index contributed by atoms with van der Waals surface area (Å²) >= 11 is 0. The predicted octanol–water partition coefficient (Wildman–Crippen LogP) is 4.35. The van der Waals surface area contributed by atoms with Crippen LogP contribution in [0.5, 0.6) is 0 Å². The number of anilines is 3.